The first kappa shape index (κ1) is 15.3. The quantitative estimate of drug-likeness (QED) is 0.792. The number of anilines is 1. The van der Waals surface area contributed by atoms with Gasteiger partial charge in [0.05, 0.1) is 5.56 Å². The lowest BCUT2D eigenvalue weighted by molar-refractivity contribution is -0.137. The molecule has 0 aromatic carbocycles. The monoisotopic (exact) mass is 311 g/mol. The summed E-state index contributed by atoms with van der Waals surface area (Å²) in [5.41, 5.74) is 3.17. The molecule has 1 aromatic heterocycles. The largest absolute Gasteiger partial charge is 0.417 e. The van der Waals surface area contributed by atoms with E-state index in [0.717, 1.165) is 42.7 Å². The summed E-state index contributed by atoms with van der Waals surface area (Å²) in [6, 6.07) is 2.34. The molecule has 2 aliphatic rings. The molecule has 2 saturated carbocycles. The van der Waals surface area contributed by atoms with Crippen LogP contribution in [-0.2, 0) is 6.18 Å². The molecule has 3 rings (SSSR count). The topological polar surface area (TPSA) is 37.3 Å². The van der Waals surface area contributed by atoms with Crippen LogP contribution >= 0.6 is 0 Å². The molecular weight excluding hydrogens is 291 g/mol. The smallest absolute Gasteiger partial charge is 0.261 e. The molecule has 2 fully saturated rings. The van der Waals surface area contributed by atoms with Crippen LogP contribution in [0.25, 0.3) is 0 Å². The predicted molar refractivity (Wildman–Crippen MR) is 79.6 cm³/mol. The van der Waals surface area contributed by atoms with Crippen LogP contribution in [0.3, 0.4) is 0 Å². The van der Waals surface area contributed by atoms with Crippen molar-refractivity contribution < 1.29 is 13.2 Å². The summed E-state index contributed by atoms with van der Waals surface area (Å²) in [4.78, 5) is 3.77. The summed E-state index contributed by atoms with van der Waals surface area (Å²) < 4.78 is 37.4. The maximum absolute atomic E-state index is 12.5. The fourth-order valence-electron chi connectivity index (χ4n) is 3.56. The zero-order valence-electron chi connectivity index (χ0n) is 12.4. The van der Waals surface area contributed by atoms with Crippen molar-refractivity contribution in [3.63, 3.8) is 0 Å². The van der Waals surface area contributed by atoms with E-state index >= 15 is 0 Å². The van der Waals surface area contributed by atoms with Crippen LogP contribution in [0.4, 0.5) is 19.0 Å². The molecule has 2 atom stereocenters. The molecule has 0 amide bonds. The zero-order chi connectivity index (χ0) is 15.6. The number of nitrogens with one attached hydrogen (secondary N) is 1. The van der Waals surface area contributed by atoms with Crippen LogP contribution in [-0.4, -0.2) is 10.7 Å². The molecule has 6 heteroatoms. The van der Waals surface area contributed by atoms with Crippen molar-refractivity contribution in [2.75, 3.05) is 5.43 Å². The van der Waals surface area contributed by atoms with Gasteiger partial charge in [-0.15, -0.1) is 0 Å². The molecule has 3 nitrogen and oxygen atoms in total. The number of hydrazone groups is 1. The Morgan fingerprint density at radius 3 is 2.55 bits per heavy atom. The molecule has 2 aliphatic carbocycles. The fourth-order valence-corrected chi connectivity index (χ4v) is 3.56. The third kappa shape index (κ3) is 3.59. The number of rotatable bonds is 2. The Morgan fingerprint density at radius 1 is 1.09 bits per heavy atom. The van der Waals surface area contributed by atoms with Gasteiger partial charge < -0.3 is 0 Å². The molecule has 0 spiro atoms. The Hall–Kier alpha value is -1.59. The van der Waals surface area contributed by atoms with Gasteiger partial charge in [-0.05, 0) is 49.7 Å². The second-order valence-electron chi connectivity index (χ2n) is 6.27. The lowest BCUT2D eigenvalue weighted by atomic mass is 9.70. The van der Waals surface area contributed by atoms with E-state index in [1.165, 1.54) is 38.2 Å². The molecule has 0 aliphatic heterocycles. The molecule has 0 bridgehead atoms. The first-order valence-electron chi connectivity index (χ1n) is 7.87. The van der Waals surface area contributed by atoms with Gasteiger partial charge in [0.25, 0.3) is 0 Å². The van der Waals surface area contributed by atoms with E-state index in [0.29, 0.717) is 5.82 Å². The SMILES string of the molecule is FC(F)(F)c1ccc(N/N=C2\CC[C@@H]3CCCC[C@@H]3C2)nc1. The van der Waals surface area contributed by atoms with Crippen LogP contribution < -0.4 is 5.43 Å². The normalized spacial score (nSPS) is 27.5. The number of hydrogen-bond donors (Lipinski definition) is 1. The van der Waals surface area contributed by atoms with Gasteiger partial charge in [-0.2, -0.15) is 18.3 Å². The maximum atomic E-state index is 12.5. The highest BCUT2D eigenvalue weighted by Gasteiger charge is 2.31. The van der Waals surface area contributed by atoms with Gasteiger partial charge in [0.15, 0.2) is 0 Å². The van der Waals surface area contributed by atoms with Crippen molar-refractivity contribution in [3.05, 3.63) is 23.9 Å². The van der Waals surface area contributed by atoms with E-state index in [1.807, 2.05) is 0 Å². The number of fused-ring (bicyclic) bond motifs is 1. The van der Waals surface area contributed by atoms with Crippen LogP contribution in [0.5, 0.6) is 0 Å². The Labute approximate surface area is 128 Å². The fraction of sp³-hybridized carbons (Fsp3) is 0.625. The molecule has 120 valence electrons. The van der Waals surface area contributed by atoms with E-state index in [1.54, 1.807) is 0 Å². The molecule has 0 radical (unpaired) electrons. The lowest BCUT2D eigenvalue weighted by Crippen LogP contribution is -2.28. The zero-order valence-corrected chi connectivity index (χ0v) is 12.4. The summed E-state index contributed by atoms with van der Waals surface area (Å²) in [7, 11) is 0. The van der Waals surface area contributed by atoms with Crippen molar-refractivity contribution in [1.82, 2.24) is 4.98 Å². The van der Waals surface area contributed by atoms with Gasteiger partial charge in [-0.3, -0.25) is 5.43 Å². The van der Waals surface area contributed by atoms with Crippen LogP contribution in [0.2, 0.25) is 0 Å². The Morgan fingerprint density at radius 2 is 1.86 bits per heavy atom. The maximum Gasteiger partial charge on any atom is 0.417 e. The minimum absolute atomic E-state index is 0.353. The third-order valence-electron chi connectivity index (χ3n) is 4.79. The molecule has 22 heavy (non-hydrogen) atoms. The summed E-state index contributed by atoms with van der Waals surface area (Å²) in [5, 5.41) is 4.36. The lowest BCUT2D eigenvalue weighted by Gasteiger charge is -2.35. The highest BCUT2D eigenvalue weighted by Crippen LogP contribution is 2.39. The molecule has 0 unspecified atom stereocenters. The van der Waals surface area contributed by atoms with E-state index < -0.39 is 11.7 Å². The van der Waals surface area contributed by atoms with Crippen LogP contribution in [0.15, 0.2) is 23.4 Å². The first-order valence-corrected chi connectivity index (χ1v) is 7.87. The second kappa shape index (κ2) is 6.26. The predicted octanol–water partition coefficient (Wildman–Crippen LogP) is 4.86. The van der Waals surface area contributed by atoms with Gasteiger partial charge in [0.2, 0.25) is 0 Å². The van der Waals surface area contributed by atoms with Crippen molar-refractivity contribution in [2.24, 2.45) is 16.9 Å². The van der Waals surface area contributed by atoms with Gasteiger partial charge >= 0.3 is 6.18 Å². The first-order chi connectivity index (χ1) is 10.5. The van der Waals surface area contributed by atoms with Crippen molar-refractivity contribution >= 4 is 11.5 Å². The number of alkyl halides is 3. The van der Waals surface area contributed by atoms with E-state index in [4.69, 9.17) is 0 Å². The van der Waals surface area contributed by atoms with Gasteiger partial charge in [0.1, 0.15) is 5.82 Å². The average Bonchev–Trinajstić information content (AvgIpc) is 2.52. The van der Waals surface area contributed by atoms with Crippen molar-refractivity contribution in [3.8, 4) is 0 Å². The Bertz CT molecular complexity index is 537. The van der Waals surface area contributed by atoms with Crippen molar-refractivity contribution in [2.45, 2.75) is 51.1 Å². The molecule has 1 N–H and O–H groups in total. The van der Waals surface area contributed by atoms with E-state index in [9.17, 15) is 13.2 Å². The number of halogens is 3. The number of nitrogens with zero attached hydrogens (tertiary/aromatic N) is 2. The summed E-state index contributed by atoms with van der Waals surface area (Å²) in [5.74, 6) is 1.94. The highest BCUT2D eigenvalue weighted by molar-refractivity contribution is 5.86. The van der Waals surface area contributed by atoms with Crippen LogP contribution in [0.1, 0.15) is 50.5 Å². The highest BCUT2D eigenvalue weighted by atomic mass is 19.4. The minimum Gasteiger partial charge on any atom is -0.261 e. The average molecular weight is 311 g/mol. The second-order valence-corrected chi connectivity index (χ2v) is 6.27. The molecule has 1 heterocycles. The summed E-state index contributed by atoms with van der Waals surface area (Å²) >= 11 is 0. The Balaban J connectivity index is 1.59. The Kier molecular flexibility index (Phi) is 4.36. The van der Waals surface area contributed by atoms with Crippen LogP contribution in [0, 0.1) is 11.8 Å². The van der Waals surface area contributed by atoms with Gasteiger partial charge in [-0.1, -0.05) is 19.3 Å². The number of aromatic nitrogens is 1. The van der Waals surface area contributed by atoms with Crippen molar-refractivity contribution in [1.29, 1.82) is 0 Å². The summed E-state index contributed by atoms with van der Waals surface area (Å²) in [6.45, 7) is 0. The van der Waals surface area contributed by atoms with E-state index in [2.05, 4.69) is 15.5 Å². The summed E-state index contributed by atoms with van der Waals surface area (Å²) in [6.07, 6.45) is 4.94. The van der Waals surface area contributed by atoms with E-state index in [-0.39, 0.29) is 0 Å². The molecule has 0 saturated heterocycles. The minimum atomic E-state index is -4.35. The number of hydrogen-bond acceptors (Lipinski definition) is 3. The number of pyridine rings is 1. The molecule has 1 aromatic rings. The molecular formula is C16H20F3N3. The van der Waals surface area contributed by atoms with Gasteiger partial charge in [-0.25, -0.2) is 4.98 Å². The third-order valence-corrected chi connectivity index (χ3v) is 4.79. The standard InChI is InChI=1S/C16H20F3N3/c17-16(18,19)13-6-8-15(20-10-13)22-21-14-7-5-11-3-1-2-4-12(11)9-14/h6,8,10-12H,1-5,7,9H2,(H,20,22)/b21-14+/t11-,12+/m0/s1. The van der Waals surface area contributed by atoms with Gasteiger partial charge in [0, 0.05) is 11.9 Å².